The predicted molar refractivity (Wildman–Crippen MR) is 47.0 cm³/mol. The van der Waals surface area contributed by atoms with Crippen LogP contribution in [0.3, 0.4) is 0 Å². The minimum absolute atomic E-state index is 0.0312. The Morgan fingerprint density at radius 3 is 2.20 bits per heavy atom. The Morgan fingerprint density at radius 1 is 1.40 bits per heavy atom. The first-order valence-electron chi connectivity index (χ1n) is 4.24. The summed E-state index contributed by atoms with van der Waals surface area (Å²) in [4.78, 5) is 0. The summed E-state index contributed by atoms with van der Waals surface area (Å²) in [7, 11) is 0. The van der Waals surface area contributed by atoms with Gasteiger partial charge in [-0.1, -0.05) is 20.3 Å². The summed E-state index contributed by atoms with van der Waals surface area (Å²) in [6.45, 7) is 8.70. The smallest absolute Gasteiger partial charge is 0.00971 e. The van der Waals surface area contributed by atoms with Crippen molar-refractivity contribution < 1.29 is 0 Å². The second kappa shape index (κ2) is 3.97. The van der Waals surface area contributed by atoms with Gasteiger partial charge in [0.1, 0.15) is 0 Å². The Kier molecular flexibility index (Phi) is 3.95. The molecular weight excluding hydrogens is 122 g/mol. The van der Waals surface area contributed by atoms with Gasteiger partial charge in [-0.2, -0.15) is 0 Å². The van der Waals surface area contributed by atoms with Crippen molar-refractivity contribution in [2.24, 2.45) is 11.7 Å². The molecule has 0 amide bonds. The molecule has 0 heterocycles. The molecule has 0 aromatic heterocycles. The van der Waals surface area contributed by atoms with E-state index in [1.54, 1.807) is 0 Å². The standard InChI is InChI=1S/C9H21N/c1-5-8(2)6-7-9(3,4)10/h8H,5-7,10H2,1-4H3/t8-/m1/s1. The molecule has 0 aromatic carbocycles. The Morgan fingerprint density at radius 2 is 1.90 bits per heavy atom. The first-order valence-corrected chi connectivity index (χ1v) is 4.24. The summed E-state index contributed by atoms with van der Waals surface area (Å²) in [6, 6.07) is 0. The highest BCUT2D eigenvalue weighted by molar-refractivity contribution is 4.72. The topological polar surface area (TPSA) is 26.0 Å². The molecule has 0 spiro atoms. The second-order valence-corrected chi connectivity index (χ2v) is 4.04. The van der Waals surface area contributed by atoms with E-state index in [1.165, 1.54) is 12.8 Å². The lowest BCUT2D eigenvalue weighted by Crippen LogP contribution is -2.32. The zero-order valence-corrected chi connectivity index (χ0v) is 7.78. The monoisotopic (exact) mass is 143 g/mol. The minimum atomic E-state index is 0.0312. The summed E-state index contributed by atoms with van der Waals surface area (Å²) >= 11 is 0. The van der Waals surface area contributed by atoms with E-state index in [0.717, 1.165) is 12.3 Å². The van der Waals surface area contributed by atoms with Crippen molar-refractivity contribution in [1.29, 1.82) is 0 Å². The van der Waals surface area contributed by atoms with E-state index < -0.39 is 0 Å². The molecule has 2 N–H and O–H groups in total. The minimum Gasteiger partial charge on any atom is -0.326 e. The first-order chi connectivity index (χ1) is 4.45. The highest BCUT2D eigenvalue weighted by Crippen LogP contribution is 2.15. The lowest BCUT2D eigenvalue weighted by Gasteiger charge is -2.20. The third kappa shape index (κ3) is 6.09. The van der Waals surface area contributed by atoms with E-state index in [2.05, 4.69) is 27.7 Å². The maximum absolute atomic E-state index is 5.84. The SMILES string of the molecule is CC[C@@H](C)CCC(C)(C)N. The van der Waals surface area contributed by atoms with Crippen LogP contribution in [0.5, 0.6) is 0 Å². The summed E-state index contributed by atoms with van der Waals surface area (Å²) in [5.74, 6) is 0.836. The largest absolute Gasteiger partial charge is 0.326 e. The van der Waals surface area contributed by atoms with Gasteiger partial charge in [-0.25, -0.2) is 0 Å². The van der Waals surface area contributed by atoms with Crippen molar-refractivity contribution in [1.82, 2.24) is 0 Å². The van der Waals surface area contributed by atoms with E-state index in [0.29, 0.717) is 0 Å². The van der Waals surface area contributed by atoms with Crippen LogP contribution in [-0.4, -0.2) is 5.54 Å². The van der Waals surface area contributed by atoms with Gasteiger partial charge in [-0.3, -0.25) is 0 Å². The third-order valence-electron chi connectivity index (χ3n) is 1.98. The van der Waals surface area contributed by atoms with Crippen molar-refractivity contribution in [3.8, 4) is 0 Å². The highest BCUT2D eigenvalue weighted by atomic mass is 14.7. The van der Waals surface area contributed by atoms with Crippen LogP contribution in [-0.2, 0) is 0 Å². The molecule has 10 heavy (non-hydrogen) atoms. The number of nitrogens with two attached hydrogens (primary N) is 1. The molecule has 1 heteroatoms. The van der Waals surface area contributed by atoms with Gasteiger partial charge in [0.2, 0.25) is 0 Å². The number of rotatable bonds is 4. The molecule has 0 radical (unpaired) electrons. The van der Waals surface area contributed by atoms with Crippen LogP contribution in [0.25, 0.3) is 0 Å². The average molecular weight is 143 g/mol. The van der Waals surface area contributed by atoms with E-state index in [9.17, 15) is 0 Å². The molecule has 1 atom stereocenters. The molecule has 0 aliphatic rings. The molecule has 62 valence electrons. The molecule has 0 saturated carbocycles. The molecule has 0 saturated heterocycles. The zero-order valence-electron chi connectivity index (χ0n) is 7.78. The summed E-state index contributed by atoms with van der Waals surface area (Å²) < 4.78 is 0. The predicted octanol–water partition coefficient (Wildman–Crippen LogP) is 2.55. The van der Waals surface area contributed by atoms with Crippen molar-refractivity contribution in [2.45, 2.75) is 52.5 Å². The van der Waals surface area contributed by atoms with Crippen molar-refractivity contribution >= 4 is 0 Å². The third-order valence-corrected chi connectivity index (χ3v) is 1.98. The molecule has 0 rings (SSSR count). The van der Waals surface area contributed by atoms with Crippen LogP contribution in [0.2, 0.25) is 0 Å². The first kappa shape index (κ1) is 9.96. The molecule has 0 aromatic rings. The normalized spacial score (nSPS) is 15.3. The van der Waals surface area contributed by atoms with E-state index >= 15 is 0 Å². The highest BCUT2D eigenvalue weighted by Gasteiger charge is 2.11. The number of hydrogen-bond acceptors (Lipinski definition) is 1. The number of hydrogen-bond donors (Lipinski definition) is 1. The van der Waals surface area contributed by atoms with Gasteiger partial charge < -0.3 is 5.73 Å². The molecular formula is C9H21N. The average Bonchev–Trinajstić information content (AvgIpc) is 1.81. The van der Waals surface area contributed by atoms with Crippen LogP contribution < -0.4 is 5.73 Å². The van der Waals surface area contributed by atoms with Gasteiger partial charge in [0, 0.05) is 5.54 Å². The lowest BCUT2D eigenvalue weighted by atomic mass is 9.93. The second-order valence-electron chi connectivity index (χ2n) is 4.04. The summed E-state index contributed by atoms with van der Waals surface area (Å²) in [6.07, 6.45) is 3.68. The Hall–Kier alpha value is -0.0400. The van der Waals surface area contributed by atoms with Crippen LogP contribution in [0, 0.1) is 5.92 Å². The molecule has 1 nitrogen and oxygen atoms in total. The fourth-order valence-corrected chi connectivity index (χ4v) is 0.823. The molecule has 0 unspecified atom stereocenters. The van der Waals surface area contributed by atoms with E-state index in [-0.39, 0.29) is 5.54 Å². The Labute approximate surface area is 65.0 Å². The quantitative estimate of drug-likeness (QED) is 0.643. The van der Waals surface area contributed by atoms with Gasteiger partial charge in [-0.15, -0.1) is 0 Å². The Bertz CT molecular complexity index is 81.2. The summed E-state index contributed by atoms with van der Waals surface area (Å²) in [5, 5.41) is 0. The van der Waals surface area contributed by atoms with Gasteiger partial charge >= 0.3 is 0 Å². The fraction of sp³-hybridized carbons (Fsp3) is 1.00. The lowest BCUT2D eigenvalue weighted by molar-refractivity contribution is 0.394. The molecule has 0 aliphatic heterocycles. The van der Waals surface area contributed by atoms with Crippen molar-refractivity contribution in [3.05, 3.63) is 0 Å². The zero-order chi connectivity index (χ0) is 8.20. The van der Waals surface area contributed by atoms with Crippen LogP contribution in [0.15, 0.2) is 0 Å². The van der Waals surface area contributed by atoms with Crippen LogP contribution >= 0.6 is 0 Å². The van der Waals surface area contributed by atoms with E-state index in [1.807, 2.05) is 0 Å². The maximum Gasteiger partial charge on any atom is 0.00971 e. The molecule has 0 aliphatic carbocycles. The van der Waals surface area contributed by atoms with E-state index in [4.69, 9.17) is 5.73 Å². The molecule has 0 bridgehead atoms. The van der Waals surface area contributed by atoms with Crippen molar-refractivity contribution in [2.75, 3.05) is 0 Å². The van der Waals surface area contributed by atoms with Crippen LogP contribution in [0.1, 0.15) is 47.0 Å². The van der Waals surface area contributed by atoms with Crippen LogP contribution in [0.4, 0.5) is 0 Å². The summed E-state index contributed by atoms with van der Waals surface area (Å²) in [5.41, 5.74) is 5.87. The van der Waals surface area contributed by atoms with Crippen molar-refractivity contribution in [3.63, 3.8) is 0 Å². The Balaban J connectivity index is 3.36. The van der Waals surface area contributed by atoms with Gasteiger partial charge in [0.15, 0.2) is 0 Å². The molecule has 0 fully saturated rings. The maximum atomic E-state index is 5.84. The fourth-order valence-electron chi connectivity index (χ4n) is 0.823. The van der Waals surface area contributed by atoms with Gasteiger partial charge in [0.25, 0.3) is 0 Å². The van der Waals surface area contributed by atoms with Gasteiger partial charge in [0.05, 0.1) is 0 Å². The van der Waals surface area contributed by atoms with Gasteiger partial charge in [-0.05, 0) is 32.6 Å².